The van der Waals surface area contributed by atoms with Gasteiger partial charge in [0.05, 0.1) is 18.1 Å². The predicted octanol–water partition coefficient (Wildman–Crippen LogP) is 3.83. The van der Waals surface area contributed by atoms with E-state index in [2.05, 4.69) is 4.98 Å². The van der Waals surface area contributed by atoms with E-state index < -0.39 is 41.6 Å². The van der Waals surface area contributed by atoms with Crippen LogP contribution in [0.1, 0.15) is 43.0 Å². The molecule has 2 N–H and O–H groups in total. The van der Waals surface area contributed by atoms with Gasteiger partial charge in [0.15, 0.2) is 0 Å². The first-order valence-corrected chi connectivity index (χ1v) is 13.1. The van der Waals surface area contributed by atoms with Crippen molar-refractivity contribution >= 4 is 11.6 Å². The first kappa shape index (κ1) is 26.3. The molecule has 1 saturated heterocycles. The molecule has 1 aliphatic rings. The first-order valence-electron chi connectivity index (χ1n) is 13.1. The highest BCUT2D eigenvalue weighted by Gasteiger charge is 2.44. The average molecular weight is 526 g/mol. The fraction of sp³-hybridized carbons (Fsp3) is 0.258. The number of hydrogen-bond donors (Lipinski definition) is 2. The molecule has 8 nitrogen and oxygen atoms in total. The van der Waals surface area contributed by atoms with E-state index >= 15 is 0 Å². The van der Waals surface area contributed by atoms with Gasteiger partial charge in [-0.25, -0.2) is 4.79 Å². The van der Waals surface area contributed by atoms with Crippen LogP contribution in [0, 0.1) is 0 Å². The molecule has 2 heterocycles. The Labute approximate surface area is 226 Å². The molecule has 0 spiro atoms. The third-order valence-corrected chi connectivity index (χ3v) is 7.21. The lowest BCUT2D eigenvalue weighted by Gasteiger charge is -2.38. The highest BCUT2D eigenvalue weighted by molar-refractivity contribution is 6.00. The summed E-state index contributed by atoms with van der Waals surface area (Å²) < 4.78 is 7.54. The number of aliphatic hydroxyl groups excluding tert-OH is 1. The van der Waals surface area contributed by atoms with E-state index in [1.54, 1.807) is 4.90 Å². The van der Waals surface area contributed by atoms with Gasteiger partial charge in [-0.3, -0.25) is 19.1 Å². The lowest BCUT2D eigenvalue weighted by atomic mass is 9.88. The van der Waals surface area contributed by atoms with Crippen molar-refractivity contribution in [3.05, 3.63) is 135 Å². The normalized spacial score (nSPS) is 19.6. The summed E-state index contributed by atoms with van der Waals surface area (Å²) in [6, 6.07) is 29.4. The number of amides is 1. The SMILES string of the molecule is CCC([C@H]1O[C@@H](n2ccc(=O)[nH]c2=O)C[C@@H]1O)N(C(=O)C(c1ccccc1)c1ccccc1)c1ccccc1. The van der Waals surface area contributed by atoms with Gasteiger partial charge in [-0.05, 0) is 29.7 Å². The van der Waals surface area contributed by atoms with Gasteiger partial charge in [0.25, 0.3) is 5.56 Å². The Bertz CT molecular complexity index is 1460. The lowest BCUT2D eigenvalue weighted by molar-refractivity contribution is -0.121. The van der Waals surface area contributed by atoms with E-state index in [4.69, 9.17) is 4.74 Å². The van der Waals surface area contributed by atoms with Crippen molar-refractivity contribution in [2.75, 3.05) is 4.90 Å². The number of benzene rings is 3. The second-order valence-corrected chi connectivity index (χ2v) is 9.65. The van der Waals surface area contributed by atoms with Crippen molar-refractivity contribution in [1.82, 2.24) is 9.55 Å². The van der Waals surface area contributed by atoms with Crippen molar-refractivity contribution in [1.29, 1.82) is 0 Å². The van der Waals surface area contributed by atoms with Crippen molar-refractivity contribution in [3.8, 4) is 0 Å². The fourth-order valence-electron chi connectivity index (χ4n) is 5.39. The van der Waals surface area contributed by atoms with Crippen molar-refractivity contribution in [2.45, 2.75) is 50.2 Å². The molecular formula is C31H31N3O5. The number of aromatic nitrogens is 2. The Morgan fingerprint density at radius 3 is 2.05 bits per heavy atom. The van der Waals surface area contributed by atoms with Crippen LogP contribution in [0.3, 0.4) is 0 Å². The molecule has 0 radical (unpaired) electrons. The summed E-state index contributed by atoms with van der Waals surface area (Å²) in [6.07, 6.45) is -0.491. The smallest absolute Gasteiger partial charge is 0.330 e. The number of aromatic amines is 1. The van der Waals surface area contributed by atoms with Gasteiger partial charge in [-0.2, -0.15) is 0 Å². The van der Waals surface area contributed by atoms with Crippen LogP contribution in [0.5, 0.6) is 0 Å². The monoisotopic (exact) mass is 525 g/mol. The van der Waals surface area contributed by atoms with E-state index in [0.29, 0.717) is 12.1 Å². The summed E-state index contributed by atoms with van der Waals surface area (Å²) in [7, 11) is 0. The summed E-state index contributed by atoms with van der Waals surface area (Å²) in [5, 5.41) is 11.2. The van der Waals surface area contributed by atoms with E-state index in [1.165, 1.54) is 16.8 Å². The maximum absolute atomic E-state index is 14.6. The third kappa shape index (κ3) is 5.48. The summed E-state index contributed by atoms with van der Waals surface area (Å²) in [5.41, 5.74) is 1.28. The zero-order valence-corrected chi connectivity index (χ0v) is 21.6. The predicted molar refractivity (Wildman–Crippen MR) is 149 cm³/mol. The minimum absolute atomic E-state index is 0.144. The zero-order valence-electron chi connectivity index (χ0n) is 21.6. The number of carbonyl (C=O) groups excluding carboxylic acids is 1. The van der Waals surface area contributed by atoms with E-state index in [9.17, 15) is 19.5 Å². The Balaban J connectivity index is 1.56. The van der Waals surface area contributed by atoms with Gasteiger partial charge < -0.3 is 14.7 Å². The van der Waals surface area contributed by atoms with Gasteiger partial charge >= 0.3 is 5.69 Å². The van der Waals surface area contributed by atoms with Crippen molar-refractivity contribution in [2.24, 2.45) is 0 Å². The minimum atomic E-state index is -0.940. The summed E-state index contributed by atoms with van der Waals surface area (Å²) >= 11 is 0. The molecule has 0 saturated carbocycles. The lowest BCUT2D eigenvalue weighted by Crippen LogP contribution is -2.52. The maximum atomic E-state index is 14.6. The Morgan fingerprint density at radius 1 is 0.949 bits per heavy atom. The highest BCUT2D eigenvalue weighted by atomic mass is 16.5. The Hall–Kier alpha value is -4.27. The number of rotatable bonds is 8. The molecule has 200 valence electrons. The number of nitrogens with one attached hydrogen (secondary N) is 1. The third-order valence-electron chi connectivity index (χ3n) is 7.21. The van der Waals surface area contributed by atoms with Crippen LogP contribution < -0.4 is 16.1 Å². The van der Waals surface area contributed by atoms with E-state index in [0.717, 1.165) is 11.1 Å². The number of ether oxygens (including phenoxy) is 1. The van der Waals surface area contributed by atoms with E-state index in [1.807, 2.05) is 97.9 Å². The van der Waals surface area contributed by atoms with Gasteiger partial charge in [-0.1, -0.05) is 85.8 Å². The Kier molecular flexibility index (Phi) is 7.86. The molecule has 8 heteroatoms. The Morgan fingerprint density at radius 2 is 1.51 bits per heavy atom. The second-order valence-electron chi connectivity index (χ2n) is 9.65. The number of aliphatic hydroxyl groups is 1. The number of H-pyrrole nitrogens is 1. The van der Waals surface area contributed by atoms with Crippen LogP contribution in [-0.2, 0) is 9.53 Å². The molecule has 4 atom stereocenters. The molecule has 1 unspecified atom stereocenters. The number of nitrogens with zero attached hydrogens (tertiary/aromatic N) is 2. The molecule has 5 rings (SSSR count). The summed E-state index contributed by atoms with van der Waals surface area (Å²) in [4.78, 5) is 42.6. The van der Waals surface area contributed by atoms with Crippen LogP contribution >= 0.6 is 0 Å². The number of para-hydroxylation sites is 1. The van der Waals surface area contributed by atoms with Crippen molar-refractivity contribution in [3.63, 3.8) is 0 Å². The molecule has 1 amide bonds. The highest BCUT2D eigenvalue weighted by Crippen LogP contribution is 2.37. The zero-order chi connectivity index (χ0) is 27.4. The van der Waals surface area contributed by atoms with E-state index in [-0.39, 0.29) is 12.3 Å². The number of anilines is 1. The second kappa shape index (κ2) is 11.6. The molecule has 4 aromatic rings. The van der Waals surface area contributed by atoms with Gasteiger partial charge in [0, 0.05) is 24.4 Å². The van der Waals surface area contributed by atoms with Gasteiger partial charge in [0.1, 0.15) is 12.3 Å². The molecule has 0 aliphatic carbocycles. The summed E-state index contributed by atoms with van der Waals surface area (Å²) in [6.45, 7) is 1.95. The molecule has 1 aliphatic heterocycles. The standard InChI is InChI=1S/C31H31N3O5/c1-2-24(29-25(35)20-27(39-29)33-19-18-26(36)32-31(33)38)34(23-16-10-5-11-17-23)30(37)28(21-12-6-3-7-13-21)22-14-8-4-9-15-22/h3-19,24-25,27-29,35H,2,20H2,1H3,(H,32,36,38)/t24?,25-,27+,29+/m0/s1. The molecule has 1 fully saturated rings. The first-order chi connectivity index (χ1) is 19.0. The molecule has 0 bridgehead atoms. The fourth-order valence-corrected chi connectivity index (χ4v) is 5.39. The molecular weight excluding hydrogens is 494 g/mol. The maximum Gasteiger partial charge on any atom is 0.330 e. The quantitative estimate of drug-likeness (QED) is 0.364. The van der Waals surface area contributed by atoms with Crippen LogP contribution in [0.15, 0.2) is 113 Å². The summed E-state index contributed by atoms with van der Waals surface area (Å²) in [5.74, 6) is -0.733. The van der Waals surface area contributed by atoms with Crippen LogP contribution in [0.4, 0.5) is 5.69 Å². The van der Waals surface area contributed by atoms with Crippen LogP contribution in [0.2, 0.25) is 0 Å². The molecule has 3 aromatic carbocycles. The van der Waals surface area contributed by atoms with Gasteiger partial charge in [-0.15, -0.1) is 0 Å². The molecule has 39 heavy (non-hydrogen) atoms. The number of hydrogen-bond acceptors (Lipinski definition) is 5. The van der Waals surface area contributed by atoms with Crippen LogP contribution in [-0.4, -0.2) is 38.8 Å². The average Bonchev–Trinajstić information content (AvgIpc) is 3.34. The van der Waals surface area contributed by atoms with Gasteiger partial charge in [0.2, 0.25) is 5.91 Å². The molecule has 1 aromatic heterocycles. The minimum Gasteiger partial charge on any atom is -0.390 e. The van der Waals surface area contributed by atoms with Crippen LogP contribution in [0.25, 0.3) is 0 Å². The van der Waals surface area contributed by atoms with Crippen molar-refractivity contribution < 1.29 is 14.6 Å². The largest absolute Gasteiger partial charge is 0.390 e. The number of carbonyl (C=O) groups is 1. The topological polar surface area (TPSA) is 105 Å².